The Bertz CT molecular complexity index is 1110. The van der Waals surface area contributed by atoms with Crippen molar-refractivity contribution in [1.82, 2.24) is 14.7 Å². The number of para-hydroxylation sites is 1. The molecule has 2 aromatic rings. The van der Waals surface area contributed by atoms with E-state index < -0.39 is 5.97 Å². The van der Waals surface area contributed by atoms with Gasteiger partial charge in [0.05, 0.1) is 17.9 Å². The summed E-state index contributed by atoms with van der Waals surface area (Å²) in [5.74, 6) is -0.462. The normalized spacial score (nSPS) is 17.0. The van der Waals surface area contributed by atoms with Crippen LogP contribution in [-0.2, 0) is 4.74 Å². The molecule has 0 saturated carbocycles. The quantitative estimate of drug-likeness (QED) is 0.191. The van der Waals surface area contributed by atoms with E-state index in [1.165, 1.54) is 79.5 Å². The van der Waals surface area contributed by atoms with Crippen LogP contribution in [0.15, 0.2) is 45.7 Å². The average Bonchev–Trinajstić information content (AvgIpc) is 3.59. The van der Waals surface area contributed by atoms with Gasteiger partial charge in [0.1, 0.15) is 5.37 Å². The number of hydrogen-bond donors (Lipinski definition) is 1. The van der Waals surface area contributed by atoms with Crippen molar-refractivity contribution in [2.45, 2.75) is 103 Å². The molecular formula is C30H43N3O3S. The van der Waals surface area contributed by atoms with Crippen molar-refractivity contribution in [1.29, 1.82) is 0 Å². The third-order valence-electron chi connectivity index (χ3n) is 7.44. The first-order chi connectivity index (χ1) is 18.2. The van der Waals surface area contributed by atoms with Crippen LogP contribution in [0.1, 0.15) is 119 Å². The second kappa shape index (κ2) is 13.9. The molecule has 0 saturated heterocycles. The molecule has 0 fully saturated rings. The van der Waals surface area contributed by atoms with Crippen molar-refractivity contribution in [3.05, 3.63) is 62.5 Å². The van der Waals surface area contributed by atoms with Gasteiger partial charge in [-0.1, -0.05) is 94.7 Å². The van der Waals surface area contributed by atoms with E-state index >= 15 is 0 Å². The van der Waals surface area contributed by atoms with Crippen LogP contribution < -0.4 is 5.56 Å². The van der Waals surface area contributed by atoms with Crippen molar-refractivity contribution in [2.75, 3.05) is 13.2 Å². The number of aromatic nitrogens is 2. The van der Waals surface area contributed by atoms with E-state index in [9.17, 15) is 9.59 Å². The molecule has 7 heteroatoms. The molecule has 1 atom stereocenters. The molecule has 0 amide bonds. The van der Waals surface area contributed by atoms with E-state index in [1.807, 2.05) is 30.3 Å². The van der Waals surface area contributed by atoms with Gasteiger partial charge in [-0.05, 0) is 44.7 Å². The first-order valence-electron chi connectivity index (χ1n) is 14.4. The van der Waals surface area contributed by atoms with E-state index in [0.29, 0.717) is 11.3 Å². The minimum Gasteiger partial charge on any atom is -0.461 e. The van der Waals surface area contributed by atoms with Crippen LogP contribution >= 0.6 is 11.8 Å². The molecule has 1 aromatic heterocycles. The number of esters is 1. The van der Waals surface area contributed by atoms with Crippen LogP contribution in [-0.4, -0.2) is 33.8 Å². The van der Waals surface area contributed by atoms with Gasteiger partial charge in [-0.3, -0.25) is 9.89 Å². The molecule has 4 rings (SSSR count). The smallest absolute Gasteiger partial charge is 0.356 e. The van der Waals surface area contributed by atoms with E-state index in [1.54, 1.807) is 18.7 Å². The van der Waals surface area contributed by atoms with Crippen LogP contribution in [0.3, 0.4) is 0 Å². The molecule has 1 unspecified atom stereocenters. The lowest BCUT2D eigenvalue weighted by Gasteiger charge is -2.28. The molecule has 0 radical (unpaired) electrons. The summed E-state index contributed by atoms with van der Waals surface area (Å²) in [5, 5.41) is 2.91. The number of carbonyl (C=O) groups is 1. The lowest BCUT2D eigenvalue weighted by molar-refractivity contribution is 0.0516. The topological polar surface area (TPSA) is 67.3 Å². The minimum atomic E-state index is -0.462. The number of rotatable bonds is 15. The Hall–Kier alpha value is -2.41. The van der Waals surface area contributed by atoms with Gasteiger partial charge >= 0.3 is 5.97 Å². The fraction of sp³-hybridized carbons (Fsp3) is 0.600. The number of nitrogens with zero attached hydrogens (tertiary/aromatic N) is 2. The molecule has 202 valence electrons. The standard InChI is InChI=1S/C30H43N3O3S/c1-3-5-6-7-8-9-10-11-12-16-22-32-24-20-17-21-25(24)37-29(32)26-27(30(35)36-4-2)31-33(28(26)34)23-18-14-13-15-19-23/h13-15,18-19,29,31H,3-12,16-17,20-22H2,1-2H3. The maximum Gasteiger partial charge on any atom is 0.356 e. The van der Waals surface area contributed by atoms with Gasteiger partial charge in [0.2, 0.25) is 0 Å². The number of ether oxygens (including phenoxy) is 1. The number of carbonyl (C=O) groups excluding carboxylic acids is 1. The van der Waals surface area contributed by atoms with E-state index in [-0.39, 0.29) is 23.2 Å². The third kappa shape index (κ3) is 6.73. The van der Waals surface area contributed by atoms with Gasteiger partial charge in [-0.2, -0.15) is 0 Å². The number of allylic oxidation sites excluding steroid dienone is 2. The SMILES string of the molecule is CCCCCCCCCCCCN1C2=C(CCC2)SC1c1c(C(=O)OCC)[nH]n(-c2ccccc2)c1=O. The van der Waals surface area contributed by atoms with Crippen molar-refractivity contribution < 1.29 is 9.53 Å². The molecule has 1 aromatic carbocycles. The van der Waals surface area contributed by atoms with Crippen molar-refractivity contribution >= 4 is 17.7 Å². The second-order valence-corrected chi connectivity index (χ2v) is 11.3. The first kappa shape index (κ1) is 27.6. The summed E-state index contributed by atoms with van der Waals surface area (Å²) in [4.78, 5) is 30.5. The highest BCUT2D eigenvalue weighted by Gasteiger charge is 2.40. The summed E-state index contributed by atoms with van der Waals surface area (Å²) >= 11 is 1.76. The highest BCUT2D eigenvalue weighted by Crippen LogP contribution is 2.53. The largest absolute Gasteiger partial charge is 0.461 e. The summed E-state index contributed by atoms with van der Waals surface area (Å²) in [6.07, 6.45) is 16.3. The summed E-state index contributed by atoms with van der Waals surface area (Å²) < 4.78 is 6.86. The number of thioether (sulfide) groups is 1. The fourth-order valence-corrected chi connectivity index (χ4v) is 7.09. The summed E-state index contributed by atoms with van der Waals surface area (Å²) in [6, 6.07) is 9.45. The number of benzene rings is 1. The van der Waals surface area contributed by atoms with Crippen LogP contribution in [0.25, 0.3) is 5.69 Å². The van der Waals surface area contributed by atoms with Crippen molar-refractivity contribution in [2.24, 2.45) is 0 Å². The van der Waals surface area contributed by atoms with Gasteiger partial charge in [-0.25, -0.2) is 9.48 Å². The first-order valence-corrected chi connectivity index (χ1v) is 15.3. The van der Waals surface area contributed by atoms with Gasteiger partial charge in [-0.15, -0.1) is 0 Å². The highest BCUT2D eigenvalue weighted by molar-refractivity contribution is 8.03. The summed E-state index contributed by atoms with van der Waals surface area (Å²) in [5.41, 5.74) is 2.74. The average molecular weight is 526 g/mol. The van der Waals surface area contributed by atoms with Crippen molar-refractivity contribution in [3.8, 4) is 5.69 Å². The Morgan fingerprint density at radius 1 is 0.973 bits per heavy atom. The number of hydrogen-bond acceptors (Lipinski definition) is 5. The second-order valence-electron chi connectivity index (χ2n) is 10.2. The van der Waals surface area contributed by atoms with Crippen molar-refractivity contribution in [3.63, 3.8) is 0 Å². The van der Waals surface area contributed by atoms with E-state index in [4.69, 9.17) is 4.74 Å². The summed E-state index contributed by atoms with van der Waals surface area (Å²) in [7, 11) is 0. The molecule has 0 spiro atoms. The Morgan fingerprint density at radius 2 is 1.65 bits per heavy atom. The number of unbranched alkanes of at least 4 members (excludes halogenated alkanes) is 9. The monoisotopic (exact) mass is 525 g/mol. The molecule has 6 nitrogen and oxygen atoms in total. The summed E-state index contributed by atoms with van der Waals surface area (Å²) in [6.45, 7) is 5.25. The predicted molar refractivity (Wildman–Crippen MR) is 152 cm³/mol. The third-order valence-corrected chi connectivity index (χ3v) is 8.88. The zero-order chi connectivity index (χ0) is 26.0. The van der Waals surface area contributed by atoms with E-state index in [0.717, 1.165) is 25.8 Å². The number of aromatic amines is 1. The molecule has 2 heterocycles. The lowest BCUT2D eigenvalue weighted by atomic mass is 10.1. The fourth-order valence-electron chi connectivity index (χ4n) is 5.50. The molecule has 1 N–H and O–H groups in total. The molecule has 2 aliphatic rings. The molecule has 37 heavy (non-hydrogen) atoms. The highest BCUT2D eigenvalue weighted by atomic mass is 32.2. The Balaban J connectivity index is 1.46. The minimum absolute atomic E-state index is 0.166. The van der Waals surface area contributed by atoms with Gasteiger partial charge in [0.15, 0.2) is 5.69 Å². The zero-order valence-corrected chi connectivity index (χ0v) is 23.4. The van der Waals surface area contributed by atoms with Gasteiger partial charge < -0.3 is 9.64 Å². The Morgan fingerprint density at radius 3 is 2.32 bits per heavy atom. The van der Waals surface area contributed by atoms with Crippen LogP contribution in [0.2, 0.25) is 0 Å². The number of nitrogens with one attached hydrogen (secondary N) is 1. The van der Waals surface area contributed by atoms with E-state index in [2.05, 4.69) is 16.9 Å². The maximum absolute atomic E-state index is 13.8. The van der Waals surface area contributed by atoms with Gasteiger partial charge in [0, 0.05) is 17.1 Å². The van der Waals surface area contributed by atoms with Gasteiger partial charge in [0.25, 0.3) is 5.56 Å². The predicted octanol–water partition coefficient (Wildman–Crippen LogP) is 7.71. The Labute approximate surface area is 225 Å². The maximum atomic E-state index is 13.8. The zero-order valence-electron chi connectivity index (χ0n) is 22.6. The van der Waals surface area contributed by atoms with Crippen LogP contribution in [0.4, 0.5) is 0 Å². The lowest BCUT2D eigenvalue weighted by Crippen LogP contribution is -2.29. The molecular weight excluding hydrogens is 482 g/mol. The molecule has 1 aliphatic carbocycles. The molecule has 0 bridgehead atoms. The van der Waals surface area contributed by atoms with Crippen LogP contribution in [0, 0.1) is 0 Å². The number of H-pyrrole nitrogens is 1. The molecule has 1 aliphatic heterocycles. The van der Waals surface area contributed by atoms with Crippen LogP contribution in [0.5, 0.6) is 0 Å². The Kier molecular flexibility index (Phi) is 10.4.